The molecule has 3 heterocycles. The van der Waals surface area contributed by atoms with Crippen LogP contribution >= 0.6 is 0 Å². The van der Waals surface area contributed by atoms with Crippen molar-refractivity contribution in [3.05, 3.63) is 48.5 Å². The molecule has 0 fully saturated rings. The number of nitrogens with one attached hydrogen (secondary N) is 2. The van der Waals surface area contributed by atoms with Crippen molar-refractivity contribution >= 4 is 17.1 Å². The Kier molecular flexibility index (Phi) is 5.83. The standard InChI is InChI=1S/C21H26FN5O2/c1-13(2)26-19-16(20(28)24-11-18(22)21(3,4)29)10-25-27-12-15(8-17(19)27)14-6-5-7-23-9-14/h5-10,12-13,18,26,29H,11H2,1-4H3,(H,24,28)/t18-/m1/s1. The fourth-order valence-electron chi connectivity index (χ4n) is 2.89. The molecular weight excluding hydrogens is 373 g/mol. The lowest BCUT2D eigenvalue weighted by Crippen LogP contribution is -2.42. The molecule has 8 heteroatoms. The summed E-state index contributed by atoms with van der Waals surface area (Å²) in [6.45, 7) is 6.37. The van der Waals surface area contributed by atoms with Gasteiger partial charge < -0.3 is 15.7 Å². The molecule has 1 amide bonds. The van der Waals surface area contributed by atoms with Crippen LogP contribution in [-0.2, 0) is 0 Å². The second-order valence-electron chi connectivity index (χ2n) is 7.86. The third kappa shape index (κ3) is 4.71. The number of carbonyl (C=O) groups excluding carboxylic acids is 1. The summed E-state index contributed by atoms with van der Waals surface area (Å²) < 4.78 is 15.7. The smallest absolute Gasteiger partial charge is 0.255 e. The van der Waals surface area contributed by atoms with Crippen LogP contribution in [0.1, 0.15) is 38.1 Å². The van der Waals surface area contributed by atoms with E-state index in [9.17, 15) is 14.3 Å². The zero-order chi connectivity index (χ0) is 21.2. The van der Waals surface area contributed by atoms with Crippen LogP contribution in [0.15, 0.2) is 43.0 Å². The highest BCUT2D eigenvalue weighted by Gasteiger charge is 2.27. The van der Waals surface area contributed by atoms with Crippen LogP contribution in [-0.4, -0.2) is 50.0 Å². The molecule has 3 rings (SSSR count). The highest BCUT2D eigenvalue weighted by atomic mass is 19.1. The number of anilines is 1. The molecule has 3 N–H and O–H groups in total. The van der Waals surface area contributed by atoms with Gasteiger partial charge >= 0.3 is 0 Å². The Bertz CT molecular complexity index is 995. The Morgan fingerprint density at radius 2 is 2.07 bits per heavy atom. The minimum absolute atomic E-state index is 0.0646. The molecule has 0 spiro atoms. The Morgan fingerprint density at radius 1 is 1.31 bits per heavy atom. The van der Waals surface area contributed by atoms with Crippen molar-refractivity contribution in [3.63, 3.8) is 0 Å². The first-order chi connectivity index (χ1) is 13.7. The van der Waals surface area contributed by atoms with Crippen LogP contribution in [0.2, 0.25) is 0 Å². The van der Waals surface area contributed by atoms with Crippen molar-refractivity contribution in [2.24, 2.45) is 0 Å². The number of aliphatic hydroxyl groups is 1. The van der Waals surface area contributed by atoms with Gasteiger partial charge in [0, 0.05) is 35.8 Å². The highest BCUT2D eigenvalue weighted by Crippen LogP contribution is 2.28. The van der Waals surface area contributed by atoms with Crippen LogP contribution in [0.4, 0.5) is 10.1 Å². The van der Waals surface area contributed by atoms with Gasteiger partial charge in [0.25, 0.3) is 5.91 Å². The molecule has 29 heavy (non-hydrogen) atoms. The first-order valence-corrected chi connectivity index (χ1v) is 9.49. The largest absolute Gasteiger partial charge is 0.387 e. The van der Waals surface area contributed by atoms with Crippen molar-refractivity contribution in [1.29, 1.82) is 0 Å². The molecule has 0 aliphatic heterocycles. The van der Waals surface area contributed by atoms with Gasteiger partial charge in [0.1, 0.15) is 6.17 Å². The van der Waals surface area contributed by atoms with Crippen molar-refractivity contribution in [2.75, 3.05) is 11.9 Å². The van der Waals surface area contributed by atoms with Crippen molar-refractivity contribution < 1.29 is 14.3 Å². The highest BCUT2D eigenvalue weighted by molar-refractivity contribution is 6.03. The summed E-state index contributed by atoms with van der Waals surface area (Å²) in [5.41, 5.74) is 1.97. The third-order valence-electron chi connectivity index (χ3n) is 4.52. The molecule has 7 nitrogen and oxygen atoms in total. The maximum Gasteiger partial charge on any atom is 0.255 e. The number of nitrogens with zero attached hydrogens (tertiary/aromatic N) is 3. The van der Waals surface area contributed by atoms with Gasteiger partial charge in [-0.15, -0.1) is 0 Å². The van der Waals surface area contributed by atoms with E-state index in [0.717, 1.165) is 16.6 Å². The molecule has 1 atom stereocenters. The predicted molar refractivity (Wildman–Crippen MR) is 111 cm³/mol. The van der Waals surface area contributed by atoms with Crippen LogP contribution in [0.5, 0.6) is 0 Å². The van der Waals surface area contributed by atoms with Gasteiger partial charge in [-0.1, -0.05) is 6.07 Å². The zero-order valence-corrected chi connectivity index (χ0v) is 17.0. The van der Waals surface area contributed by atoms with E-state index in [1.54, 1.807) is 16.9 Å². The molecule has 0 aromatic carbocycles. The average molecular weight is 399 g/mol. The lowest BCUT2D eigenvalue weighted by molar-refractivity contribution is -0.00177. The normalized spacial score (nSPS) is 12.9. The van der Waals surface area contributed by atoms with Gasteiger partial charge in [0.05, 0.1) is 35.1 Å². The summed E-state index contributed by atoms with van der Waals surface area (Å²) in [6.07, 6.45) is 5.20. The molecule has 0 bridgehead atoms. The van der Waals surface area contributed by atoms with Crippen LogP contribution in [0.3, 0.4) is 0 Å². The molecule has 0 saturated heterocycles. The van der Waals surface area contributed by atoms with Crippen LogP contribution in [0, 0.1) is 0 Å². The molecule has 3 aromatic heterocycles. The van der Waals surface area contributed by atoms with E-state index in [4.69, 9.17) is 0 Å². The lowest BCUT2D eigenvalue weighted by atomic mass is 10.0. The van der Waals surface area contributed by atoms with Crippen LogP contribution < -0.4 is 10.6 Å². The minimum Gasteiger partial charge on any atom is -0.387 e. The molecule has 3 aromatic rings. The molecule has 0 unspecified atom stereocenters. The lowest BCUT2D eigenvalue weighted by Gasteiger charge is -2.23. The molecule has 0 radical (unpaired) electrons. The van der Waals surface area contributed by atoms with Gasteiger partial charge in [-0.2, -0.15) is 5.10 Å². The van der Waals surface area contributed by atoms with Crippen LogP contribution in [0.25, 0.3) is 16.6 Å². The number of rotatable bonds is 7. The first kappa shape index (κ1) is 20.7. The molecule has 0 saturated carbocycles. The van der Waals surface area contributed by atoms with Gasteiger partial charge in [-0.05, 0) is 39.8 Å². The van der Waals surface area contributed by atoms with E-state index < -0.39 is 17.7 Å². The first-order valence-electron chi connectivity index (χ1n) is 9.49. The van der Waals surface area contributed by atoms with E-state index in [-0.39, 0.29) is 12.6 Å². The second kappa shape index (κ2) is 8.16. The quantitative estimate of drug-likeness (QED) is 0.568. The van der Waals surface area contributed by atoms with E-state index in [0.29, 0.717) is 11.3 Å². The van der Waals surface area contributed by atoms with Gasteiger partial charge in [-0.3, -0.25) is 9.78 Å². The monoisotopic (exact) mass is 399 g/mol. The second-order valence-corrected chi connectivity index (χ2v) is 7.86. The number of pyridine rings is 1. The molecule has 154 valence electrons. The maximum absolute atomic E-state index is 14.0. The van der Waals surface area contributed by atoms with E-state index in [2.05, 4.69) is 20.7 Å². The minimum atomic E-state index is -1.59. The SMILES string of the molecule is CC(C)Nc1c(C(=O)NC[C@@H](F)C(C)(C)O)cnn2cc(-c3cccnc3)cc12. The summed E-state index contributed by atoms with van der Waals surface area (Å²) in [7, 11) is 0. The number of hydrogen-bond donors (Lipinski definition) is 3. The number of aromatic nitrogens is 3. The summed E-state index contributed by atoms with van der Waals surface area (Å²) in [5, 5.41) is 19.9. The molecule has 0 aliphatic carbocycles. The number of amides is 1. The Labute approximate surface area is 169 Å². The average Bonchev–Trinajstić information content (AvgIpc) is 3.10. The number of carbonyl (C=O) groups is 1. The summed E-state index contributed by atoms with van der Waals surface area (Å²) in [4.78, 5) is 16.9. The molecule has 0 aliphatic rings. The number of halogens is 1. The van der Waals surface area contributed by atoms with Gasteiger partial charge in [0.2, 0.25) is 0 Å². The topological polar surface area (TPSA) is 91.5 Å². The van der Waals surface area contributed by atoms with Gasteiger partial charge in [0.15, 0.2) is 0 Å². The Morgan fingerprint density at radius 3 is 2.69 bits per heavy atom. The zero-order valence-electron chi connectivity index (χ0n) is 17.0. The van der Waals surface area contributed by atoms with Gasteiger partial charge in [-0.25, -0.2) is 8.91 Å². The summed E-state index contributed by atoms with van der Waals surface area (Å²) >= 11 is 0. The molecular formula is C21H26FN5O2. The van der Waals surface area contributed by atoms with Crippen molar-refractivity contribution in [2.45, 2.75) is 45.5 Å². The predicted octanol–water partition coefficient (Wildman–Crippen LogP) is 3.06. The van der Waals surface area contributed by atoms with E-state index >= 15 is 0 Å². The summed E-state index contributed by atoms with van der Waals surface area (Å²) in [6, 6.07) is 5.80. The Balaban J connectivity index is 1.97. The van der Waals surface area contributed by atoms with E-state index in [1.807, 2.05) is 38.2 Å². The van der Waals surface area contributed by atoms with Crippen molar-refractivity contribution in [1.82, 2.24) is 19.9 Å². The fraction of sp³-hybridized carbons (Fsp3) is 0.381. The number of alkyl halides is 1. The number of fused-ring (bicyclic) bond motifs is 1. The Hall–Kier alpha value is -3.00. The van der Waals surface area contributed by atoms with E-state index in [1.165, 1.54) is 20.0 Å². The maximum atomic E-state index is 14.0. The number of hydrogen-bond acceptors (Lipinski definition) is 5. The summed E-state index contributed by atoms with van der Waals surface area (Å²) in [5.74, 6) is -0.459. The third-order valence-corrected chi connectivity index (χ3v) is 4.52. The van der Waals surface area contributed by atoms with Crippen molar-refractivity contribution in [3.8, 4) is 11.1 Å². The fourth-order valence-corrected chi connectivity index (χ4v) is 2.89.